The van der Waals surface area contributed by atoms with Crippen molar-refractivity contribution in [3.63, 3.8) is 0 Å². The van der Waals surface area contributed by atoms with Crippen LogP contribution in [-0.4, -0.2) is 4.98 Å². The summed E-state index contributed by atoms with van der Waals surface area (Å²) in [5.41, 5.74) is 7.72. The monoisotopic (exact) mass is 264 g/mol. The fourth-order valence-electron chi connectivity index (χ4n) is 1.46. The van der Waals surface area contributed by atoms with Gasteiger partial charge in [-0.15, -0.1) is 11.8 Å². The second-order valence-corrected chi connectivity index (χ2v) is 5.23. The molecule has 1 heterocycles. The summed E-state index contributed by atoms with van der Waals surface area (Å²) in [4.78, 5) is 5.45. The normalized spacial score (nSPS) is 10.5. The van der Waals surface area contributed by atoms with Crippen molar-refractivity contribution in [2.75, 3.05) is 5.73 Å². The van der Waals surface area contributed by atoms with E-state index >= 15 is 0 Å². The first-order valence-corrected chi connectivity index (χ1v) is 6.62. The highest BCUT2D eigenvalue weighted by atomic mass is 35.5. The number of aryl methyl sites for hydroxylation is 1. The molecule has 88 valence electrons. The molecule has 0 saturated carbocycles. The van der Waals surface area contributed by atoms with E-state index in [2.05, 4.69) is 30.1 Å². The summed E-state index contributed by atoms with van der Waals surface area (Å²) in [7, 11) is 0. The molecule has 0 unspecified atom stereocenters. The molecule has 2 rings (SSSR count). The maximum absolute atomic E-state index is 6.06. The lowest BCUT2D eigenvalue weighted by Gasteiger charge is -2.05. The Morgan fingerprint density at radius 3 is 2.88 bits per heavy atom. The number of thioether (sulfide) groups is 1. The van der Waals surface area contributed by atoms with Gasteiger partial charge in [0.15, 0.2) is 0 Å². The van der Waals surface area contributed by atoms with Gasteiger partial charge in [0, 0.05) is 10.6 Å². The highest BCUT2D eigenvalue weighted by molar-refractivity contribution is 7.98. The third-order valence-corrected chi connectivity index (χ3v) is 3.65. The lowest BCUT2D eigenvalue weighted by atomic mass is 10.2. The summed E-state index contributed by atoms with van der Waals surface area (Å²) in [6.45, 7) is 2.08. The van der Waals surface area contributed by atoms with Crippen LogP contribution in [0.3, 0.4) is 0 Å². The molecule has 0 aliphatic rings. The SMILES string of the molecule is Cc1cccc(SCc2nc(N)ccc2Cl)c1. The molecular weight excluding hydrogens is 252 g/mol. The molecule has 0 amide bonds. The number of aromatic nitrogens is 1. The fourth-order valence-corrected chi connectivity index (χ4v) is 2.68. The number of rotatable bonds is 3. The maximum Gasteiger partial charge on any atom is 0.123 e. The van der Waals surface area contributed by atoms with E-state index in [1.54, 1.807) is 23.9 Å². The Labute approximate surface area is 110 Å². The number of benzene rings is 1. The van der Waals surface area contributed by atoms with Crippen LogP contribution in [0, 0.1) is 6.92 Å². The van der Waals surface area contributed by atoms with Crippen molar-refractivity contribution in [1.29, 1.82) is 0 Å². The molecule has 17 heavy (non-hydrogen) atoms. The Bertz CT molecular complexity index is 529. The Balaban J connectivity index is 2.09. The van der Waals surface area contributed by atoms with Crippen molar-refractivity contribution in [3.8, 4) is 0 Å². The molecule has 2 nitrogen and oxygen atoms in total. The zero-order valence-electron chi connectivity index (χ0n) is 9.48. The molecule has 2 N–H and O–H groups in total. The zero-order valence-corrected chi connectivity index (χ0v) is 11.1. The quantitative estimate of drug-likeness (QED) is 0.854. The van der Waals surface area contributed by atoms with Crippen molar-refractivity contribution >= 4 is 29.2 Å². The van der Waals surface area contributed by atoms with Crippen molar-refractivity contribution in [2.45, 2.75) is 17.6 Å². The van der Waals surface area contributed by atoms with Gasteiger partial charge in [-0.05, 0) is 31.2 Å². The Hall–Kier alpha value is -1.19. The number of hydrogen-bond acceptors (Lipinski definition) is 3. The van der Waals surface area contributed by atoms with Gasteiger partial charge in [0.2, 0.25) is 0 Å². The standard InChI is InChI=1S/C13H13ClN2S/c1-9-3-2-4-10(7-9)17-8-12-11(14)5-6-13(15)16-12/h2-7H,8H2,1H3,(H2,15,16). The molecule has 0 radical (unpaired) electrons. The minimum atomic E-state index is 0.509. The van der Waals surface area contributed by atoms with Crippen molar-refractivity contribution in [1.82, 2.24) is 4.98 Å². The average Bonchev–Trinajstić information content (AvgIpc) is 2.30. The van der Waals surface area contributed by atoms with Crippen LogP contribution in [-0.2, 0) is 5.75 Å². The van der Waals surface area contributed by atoms with Crippen LogP contribution < -0.4 is 5.73 Å². The number of nitrogens with two attached hydrogens (primary N) is 1. The van der Waals surface area contributed by atoms with Gasteiger partial charge in [-0.25, -0.2) is 4.98 Å². The molecular formula is C13H13ClN2S. The van der Waals surface area contributed by atoms with Crippen molar-refractivity contribution in [2.24, 2.45) is 0 Å². The summed E-state index contributed by atoms with van der Waals surface area (Å²) in [6, 6.07) is 11.9. The van der Waals surface area contributed by atoms with E-state index in [9.17, 15) is 0 Å². The van der Waals surface area contributed by atoms with Crippen LogP contribution in [0.1, 0.15) is 11.3 Å². The third kappa shape index (κ3) is 3.38. The lowest BCUT2D eigenvalue weighted by Crippen LogP contribution is -1.95. The van der Waals surface area contributed by atoms with Gasteiger partial charge < -0.3 is 5.73 Å². The first-order chi connectivity index (χ1) is 8.15. The van der Waals surface area contributed by atoms with E-state index in [0.29, 0.717) is 10.8 Å². The van der Waals surface area contributed by atoms with Crippen LogP contribution in [0.25, 0.3) is 0 Å². The maximum atomic E-state index is 6.06. The van der Waals surface area contributed by atoms with E-state index in [-0.39, 0.29) is 0 Å². The van der Waals surface area contributed by atoms with Gasteiger partial charge in [0.1, 0.15) is 5.82 Å². The molecule has 0 spiro atoms. The van der Waals surface area contributed by atoms with Gasteiger partial charge >= 0.3 is 0 Å². The summed E-state index contributed by atoms with van der Waals surface area (Å²) in [5, 5.41) is 0.666. The third-order valence-electron chi connectivity index (χ3n) is 2.31. The number of nitrogens with zero attached hydrogens (tertiary/aromatic N) is 1. The molecule has 0 saturated heterocycles. The van der Waals surface area contributed by atoms with E-state index in [1.165, 1.54) is 10.5 Å². The van der Waals surface area contributed by atoms with Gasteiger partial charge in [0.05, 0.1) is 10.7 Å². The molecule has 0 fully saturated rings. The first kappa shape index (κ1) is 12.3. The topological polar surface area (TPSA) is 38.9 Å². The second-order valence-electron chi connectivity index (χ2n) is 3.77. The predicted molar refractivity (Wildman–Crippen MR) is 74.4 cm³/mol. The molecule has 2 aromatic rings. The number of hydrogen-bond donors (Lipinski definition) is 1. The number of nitrogen functional groups attached to an aromatic ring is 1. The van der Waals surface area contributed by atoms with E-state index < -0.39 is 0 Å². The number of halogens is 1. The van der Waals surface area contributed by atoms with Gasteiger partial charge in [-0.1, -0.05) is 29.3 Å². The summed E-state index contributed by atoms with van der Waals surface area (Å²) >= 11 is 7.77. The highest BCUT2D eigenvalue weighted by Crippen LogP contribution is 2.26. The summed E-state index contributed by atoms with van der Waals surface area (Å²) in [5.74, 6) is 1.24. The Kier molecular flexibility index (Phi) is 3.92. The van der Waals surface area contributed by atoms with Gasteiger partial charge in [0.25, 0.3) is 0 Å². The molecule has 0 bridgehead atoms. The smallest absolute Gasteiger partial charge is 0.123 e. The molecule has 0 aliphatic heterocycles. The predicted octanol–water partition coefficient (Wildman–Crippen LogP) is 3.92. The van der Waals surface area contributed by atoms with Gasteiger partial charge in [-0.2, -0.15) is 0 Å². The number of anilines is 1. The van der Waals surface area contributed by atoms with Crippen LogP contribution >= 0.6 is 23.4 Å². The van der Waals surface area contributed by atoms with Crippen LogP contribution in [0.4, 0.5) is 5.82 Å². The van der Waals surface area contributed by atoms with E-state index in [1.807, 2.05) is 6.07 Å². The Morgan fingerprint density at radius 2 is 2.12 bits per heavy atom. The average molecular weight is 265 g/mol. The van der Waals surface area contributed by atoms with Crippen LogP contribution in [0.2, 0.25) is 5.02 Å². The molecule has 0 atom stereocenters. The largest absolute Gasteiger partial charge is 0.384 e. The van der Waals surface area contributed by atoms with Crippen molar-refractivity contribution in [3.05, 3.63) is 52.7 Å². The molecule has 1 aromatic carbocycles. The fraction of sp³-hybridized carbons (Fsp3) is 0.154. The molecule has 1 aromatic heterocycles. The lowest BCUT2D eigenvalue weighted by molar-refractivity contribution is 1.18. The molecule has 0 aliphatic carbocycles. The van der Waals surface area contributed by atoms with Crippen LogP contribution in [0.5, 0.6) is 0 Å². The Morgan fingerprint density at radius 1 is 1.29 bits per heavy atom. The first-order valence-electron chi connectivity index (χ1n) is 5.25. The zero-order chi connectivity index (χ0) is 12.3. The van der Waals surface area contributed by atoms with E-state index in [0.717, 1.165) is 11.4 Å². The van der Waals surface area contributed by atoms with E-state index in [4.69, 9.17) is 17.3 Å². The minimum absolute atomic E-state index is 0.509. The summed E-state index contributed by atoms with van der Waals surface area (Å²) < 4.78 is 0. The van der Waals surface area contributed by atoms with Gasteiger partial charge in [-0.3, -0.25) is 0 Å². The minimum Gasteiger partial charge on any atom is -0.384 e. The summed E-state index contributed by atoms with van der Waals surface area (Å²) in [6.07, 6.45) is 0. The van der Waals surface area contributed by atoms with Crippen LogP contribution in [0.15, 0.2) is 41.3 Å². The second kappa shape index (κ2) is 5.43. The number of pyridine rings is 1. The molecule has 4 heteroatoms. The van der Waals surface area contributed by atoms with Crippen molar-refractivity contribution < 1.29 is 0 Å². The highest BCUT2D eigenvalue weighted by Gasteiger charge is 2.04.